The molecule has 0 radical (unpaired) electrons. The Morgan fingerprint density at radius 3 is 1.42 bits per heavy atom. The zero-order valence-corrected chi connectivity index (χ0v) is 36.6. The molecule has 8 atom stereocenters. The molecule has 328 valence electrons. The molecule has 5 rings (SSSR count). The van der Waals surface area contributed by atoms with E-state index in [1.54, 1.807) is 0 Å². The highest BCUT2D eigenvalue weighted by Gasteiger charge is 2.46. The minimum absolute atomic E-state index is 0.0908. The molecule has 2 unspecified atom stereocenters. The summed E-state index contributed by atoms with van der Waals surface area (Å²) < 4.78 is 27.3. The van der Waals surface area contributed by atoms with Crippen LogP contribution in [0, 0.1) is 5.92 Å². The Morgan fingerprint density at radius 1 is 0.517 bits per heavy atom. The van der Waals surface area contributed by atoms with Crippen molar-refractivity contribution in [2.45, 2.75) is 173 Å². The Hall–Kier alpha value is -3.40. The van der Waals surface area contributed by atoms with Gasteiger partial charge in [0.15, 0.2) is 0 Å². The third kappa shape index (κ3) is 17.2. The van der Waals surface area contributed by atoms with Crippen molar-refractivity contribution in [2.24, 2.45) is 5.92 Å². The molecule has 4 aromatic rings. The molecule has 0 amide bonds. The van der Waals surface area contributed by atoms with Crippen LogP contribution >= 0.6 is 0 Å². The summed E-state index contributed by atoms with van der Waals surface area (Å²) in [6, 6.07) is 40.4. The summed E-state index contributed by atoms with van der Waals surface area (Å²) in [6.45, 7) is 6.49. The van der Waals surface area contributed by atoms with Crippen molar-refractivity contribution in [1.29, 1.82) is 0 Å². The first kappa shape index (κ1) is 47.6. The van der Waals surface area contributed by atoms with Crippen LogP contribution in [0.15, 0.2) is 121 Å². The SMILES string of the molecule is CCCCCCCCCCCCCC[C@@H](O)[C@@H](O)[C@H](CO[C@H]1CC(C)[C@H](OCc2ccccc2)[C@@H](OCc2ccccc2)C1OCc1ccccc1)NCc1ccccc1. The second-order valence-electron chi connectivity index (χ2n) is 17.1. The van der Waals surface area contributed by atoms with Gasteiger partial charge >= 0.3 is 0 Å². The fraction of sp³-hybridized carbons (Fsp3) is 0.547. The molecule has 3 N–H and O–H groups in total. The molecule has 0 aliphatic heterocycles. The predicted molar refractivity (Wildman–Crippen MR) is 243 cm³/mol. The van der Waals surface area contributed by atoms with Crippen LogP contribution in [0.3, 0.4) is 0 Å². The fourth-order valence-corrected chi connectivity index (χ4v) is 8.45. The molecule has 0 heterocycles. The van der Waals surface area contributed by atoms with Crippen molar-refractivity contribution in [3.05, 3.63) is 144 Å². The largest absolute Gasteiger partial charge is 0.390 e. The molecule has 7 nitrogen and oxygen atoms in total. The second-order valence-corrected chi connectivity index (χ2v) is 17.1. The van der Waals surface area contributed by atoms with E-state index in [0.29, 0.717) is 39.2 Å². The second kappa shape index (κ2) is 28.2. The third-order valence-electron chi connectivity index (χ3n) is 12.1. The number of ether oxygens (including phenoxy) is 4. The van der Waals surface area contributed by atoms with Crippen LogP contribution in [0.4, 0.5) is 0 Å². The van der Waals surface area contributed by atoms with Gasteiger partial charge in [-0.2, -0.15) is 0 Å². The number of benzene rings is 4. The van der Waals surface area contributed by atoms with Gasteiger partial charge in [-0.25, -0.2) is 0 Å². The predicted octanol–water partition coefficient (Wildman–Crippen LogP) is 11.1. The monoisotopic (exact) mass is 822 g/mol. The average molecular weight is 822 g/mol. The number of aliphatic hydroxyl groups excluding tert-OH is 2. The van der Waals surface area contributed by atoms with Gasteiger partial charge in [0.2, 0.25) is 0 Å². The Balaban J connectivity index is 1.25. The number of unbranched alkanes of at least 4 members (excludes halogenated alkanes) is 11. The van der Waals surface area contributed by atoms with Crippen LogP contribution in [-0.4, -0.2) is 59.5 Å². The van der Waals surface area contributed by atoms with Crippen molar-refractivity contribution >= 4 is 0 Å². The minimum Gasteiger partial charge on any atom is -0.390 e. The van der Waals surface area contributed by atoms with E-state index in [2.05, 4.69) is 67.7 Å². The van der Waals surface area contributed by atoms with Crippen molar-refractivity contribution in [3.63, 3.8) is 0 Å². The van der Waals surface area contributed by atoms with Crippen LogP contribution in [0.5, 0.6) is 0 Å². The first-order valence-corrected chi connectivity index (χ1v) is 23.2. The smallest absolute Gasteiger partial charge is 0.113 e. The Labute approximate surface area is 362 Å². The quantitative estimate of drug-likeness (QED) is 0.0451. The highest BCUT2D eigenvalue weighted by molar-refractivity contribution is 5.17. The number of rotatable bonds is 30. The van der Waals surface area contributed by atoms with Crippen LogP contribution in [0.25, 0.3) is 0 Å². The van der Waals surface area contributed by atoms with E-state index in [1.807, 2.05) is 72.8 Å². The molecule has 0 aromatic heterocycles. The Morgan fingerprint density at radius 2 is 0.933 bits per heavy atom. The summed E-state index contributed by atoms with van der Waals surface area (Å²) in [5, 5.41) is 26.7. The van der Waals surface area contributed by atoms with E-state index >= 15 is 0 Å². The average Bonchev–Trinajstić information content (AvgIpc) is 3.29. The lowest BCUT2D eigenvalue weighted by molar-refractivity contribution is -0.227. The van der Waals surface area contributed by atoms with Crippen molar-refractivity contribution in [2.75, 3.05) is 6.61 Å². The first-order chi connectivity index (χ1) is 29.5. The van der Waals surface area contributed by atoms with Crippen LogP contribution < -0.4 is 5.32 Å². The molecule has 0 spiro atoms. The summed E-state index contributed by atoms with van der Waals surface area (Å²) in [5.74, 6) is 0.0908. The number of hydrogen-bond donors (Lipinski definition) is 3. The summed E-state index contributed by atoms with van der Waals surface area (Å²) in [5.41, 5.74) is 4.35. The maximum atomic E-state index is 11.7. The van der Waals surface area contributed by atoms with Crippen LogP contribution in [-0.2, 0) is 45.3 Å². The fourth-order valence-electron chi connectivity index (χ4n) is 8.45. The van der Waals surface area contributed by atoms with E-state index in [9.17, 15) is 10.2 Å². The molecular weight excluding hydrogens is 747 g/mol. The Bertz CT molecular complexity index is 1630. The molecule has 1 fully saturated rings. The standard InChI is InChI=1S/C53H75NO6/c1-3-4-5-6-7-8-9-10-11-12-13-26-35-48(55)50(56)47(54-37-43-27-18-14-19-28-43)41-57-49-36-42(2)51(58-38-44-29-20-15-21-30-44)53(60-40-46-33-24-17-25-34-46)52(49)59-39-45-31-22-16-23-32-45/h14-25,27-34,42,47-56H,3-13,26,35-41H2,1-2H3/t42?,47-,48+,49-,50-,51-,52?,53+/m0/s1. The normalized spacial score (nSPS) is 20.8. The van der Waals surface area contributed by atoms with Crippen molar-refractivity contribution < 1.29 is 29.2 Å². The zero-order valence-electron chi connectivity index (χ0n) is 36.6. The first-order valence-electron chi connectivity index (χ1n) is 23.2. The van der Waals surface area contributed by atoms with Gasteiger partial charge in [0, 0.05) is 6.54 Å². The van der Waals surface area contributed by atoms with Gasteiger partial charge < -0.3 is 34.5 Å². The summed E-state index contributed by atoms with van der Waals surface area (Å²) in [7, 11) is 0. The number of hydrogen-bond acceptors (Lipinski definition) is 7. The number of nitrogens with one attached hydrogen (secondary N) is 1. The van der Waals surface area contributed by atoms with E-state index in [0.717, 1.165) is 35.1 Å². The molecule has 0 bridgehead atoms. The van der Waals surface area contributed by atoms with E-state index in [1.165, 1.54) is 64.2 Å². The van der Waals surface area contributed by atoms with Crippen molar-refractivity contribution in [1.82, 2.24) is 5.32 Å². The van der Waals surface area contributed by atoms with E-state index in [-0.39, 0.29) is 24.7 Å². The maximum absolute atomic E-state index is 11.7. The van der Waals surface area contributed by atoms with Gasteiger partial charge in [-0.3, -0.25) is 0 Å². The summed E-state index contributed by atoms with van der Waals surface area (Å²) in [6.07, 6.45) is 13.0. The lowest BCUT2D eigenvalue weighted by Crippen LogP contribution is -2.58. The third-order valence-corrected chi connectivity index (χ3v) is 12.1. The van der Waals surface area contributed by atoms with Gasteiger partial charge in [-0.1, -0.05) is 212 Å². The van der Waals surface area contributed by atoms with Crippen LogP contribution in [0.1, 0.15) is 126 Å². The maximum Gasteiger partial charge on any atom is 0.113 e. The highest BCUT2D eigenvalue weighted by Crippen LogP contribution is 2.35. The Kier molecular flexibility index (Phi) is 22.4. The van der Waals surface area contributed by atoms with Gasteiger partial charge in [0.1, 0.15) is 12.2 Å². The lowest BCUT2D eigenvalue weighted by atomic mass is 9.81. The van der Waals surface area contributed by atoms with Gasteiger partial charge in [0.25, 0.3) is 0 Å². The topological polar surface area (TPSA) is 89.4 Å². The summed E-state index contributed by atoms with van der Waals surface area (Å²) >= 11 is 0. The van der Waals surface area contributed by atoms with E-state index < -0.39 is 30.5 Å². The molecule has 4 aromatic carbocycles. The molecule has 60 heavy (non-hydrogen) atoms. The molecule has 7 heteroatoms. The highest BCUT2D eigenvalue weighted by atomic mass is 16.6. The van der Waals surface area contributed by atoms with Gasteiger partial charge in [-0.05, 0) is 41.0 Å². The minimum atomic E-state index is -1.00. The molecule has 1 saturated carbocycles. The molecular formula is C53H75NO6. The molecule has 1 aliphatic carbocycles. The van der Waals surface area contributed by atoms with Gasteiger partial charge in [0.05, 0.1) is 56.9 Å². The zero-order chi connectivity index (χ0) is 42.0. The van der Waals surface area contributed by atoms with E-state index in [4.69, 9.17) is 18.9 Å². The van der Waals surface area contributed by atoms with Crippen molar-refractivity contribution in [3.8, 4) is 0 Å². The van der Waals surface area contributed by atoms with Crippen LogP contribution in [0.2, 0.25) is 0 Å². The lowest BCUT2D eigenvalue weighted by Gasteiger charge is -2.45. The number of aliphatic hydroxyl groups is 2. The van der Waals surface area contributed by atoms with Gasteiger partial charge in [-0.15, -0.1) is 0 Å². The summed E-state index contributed by atoms with van der Waals surface area (Å²) in [4.78, 5) is 0. The molecule has 1 aliphatic rings. The molecule has 0 saturated heterocycles.